The number of rotatable bonds is 4. The van der Waals surface area contributed by atoms with Crippen LogP contribution in [0, 0.1) is 0 Å². The van der Waals surface area contributed by atoms with E-state index in [4.69, 9.17) is 4.74 Å². The molecule has 0 aliphatic rings. The van der Waals surface area contributed by atoms with Crippen LogP contribution in [0.3, 0.4) is 0 Å². The molecule has 2 heterocycles. The SMILES string of the molecule is COCCc1csc(-c2ccc(Br)s2)n1. The van der Waals surface area contributed by atoms with Crippen molar-refractivity contribution in [2.45, 2.75) is 6.42 Å². The van der Waals surface area contributed by atoms with Crippen molar-refractivity contribution in [2.24, 2.45) is 0 Å². The molecule has 2 aromatic heterocycles. The van der Waals surface area contributed by atoms with Crippen molar-refractivity contribution in [3.63, 3.8) is 0 Å². The minimum Gasteiger partial charge on any atom is -0.384 e. The summed E-state index contributed by atoms with van der Waals surface area (Å²) in [6.07, 6.45) is 0.888. The summed E-state index contributed by atoms with van der Waals surface area (Å²) < 4.78 is 6.17. The Labute approximate surface area is 105 Å². The molecule has 5 heteroatoms. The van der Waals surface area contributed by atoms with Crippen LogP contribution in [0.25, 0.3) is 9.88 Å². The van der Waals surface area contributed by atoms with E-state index in [0.29, 0.717) is 0 Å². The highest BCUT2D eigenvalue weighted by molar-refractivity contribution is 9.11. The third kappa shape index (κ3) is 2.87. The van der Waals surface area contributed by atoms with Crippen LogP contribution in [-0.2, 0) is 11.2 Å². The molecule has 0 saturated carbocycles. The number of thiophene rings is 1. The Hall–Kier alpha value is -0.230. The number of hydrogen-bond acceptors (Lipinski definition) is 4. The Morgan fingerprint density at radius 2 is 2.33 bits per heavy atom. The number of nitrogens with zero attached hydrogens (tertiary/aromatic N) is 1. The van der Waals surface area contributed by atoms with Gasteiger partial charge in [0, 0.05) is 18.9 Å². The number of aromatic nitrogens is 1. The van der Waals surface area contributed by atoms with Crippen molar-refractivity contribution < 1.29 is 4.74 Å². The van der Waals surface area contributed by atoms with E-state index in [0.717, 1.165) is 27.5 Å². The highest BCUT2D eigenvalue weighted by Gasteiger charge is 2.06. The van der Waals surface area contributed by atoms with Crippen molar-refractivity contribution >= 4 is 38.6 Å². The summed E-state index contributed by atoms with van der Waals surface area (Å²) in [5.74, 6) is 0. The van der Waals surface area contributed by atoms with Crippen LogP contribution in [0.5, 0.6) is 0 Å². The van der Waals surface area contributed by atoms with Crippen LogP contribution in [0.15, 0.2) is 21.3 Å². The van der Waals surface area contributed by atoms with Crippen LogP contribution < -0.4 is 0 Å². The molecule has 0 radical (unpaired) electrons. The van der Waals surface area contributed by atoms with Gasteiger partial charge in [-0.2, -0.15) is 0 Å². The summed E-state index contributed by atoms with van der Waals surface area (Å²) >= 11 is 6.85. The maximum Gasteiger partial charge on any atom is 0.133 e. The Kier molecular flexibility index (Phi) is 3.91. The van der Waals surface area contributed by atoms with Crippen LogP contribution in [0.4, 0.5) is 0 Å². The first-order valence-electron chi connectivity index (χ1n) is 4.48. The molecule has 80 valence electrons. The molecular weight excluding hydrogens is 294 g/mol. The Morgan fingerprint density at radius 3 is 3.00 bits per heavy atom. The van der Waals surface area contributed by atoms with E-state index in [1.807, 2.05) is 0 Å². The molecule has 0 amide bonds. The topological polar surface area (TPSA) is 22.1 Å². The Balaban J connectivity index is 2.13. The van der Waals surface area contributed by atoms with E-state index in [-0.39, 0.29) is 0 Å². The lowest BCUT2D eigenvalue weighted by atomic mass is 10.3. The predicted molar refractivity (Wildman–Crippen MR) is 68.7 cm³/mol. The zero-order chi connectivity index (χ0) is 10.7. The zero-order valence-electron chi connectivity index (χ0n) is 8.20. The monoisotopic (exact) mass is 303 g/mol. The van der Waals surface area contributed by atoms with Crippen molar-refractivity contribution in [3.05, 3.63) is 27.0 Å². The molecule has 0 atom stereocenters. The molecule has 0 fully saturated rings. The number of methoxy groups -OCH3 is 1. The number of ether oxygens (including phenoxy) is 1. The number of halogens is 1. The van der Waals surface area contributed by atoms with Gasteiger partial charge in [-0.15, -0.1) is 22.7 Å². The second-order valence-corrected chi connectivity index (χ2v) is 6.31. The van der Waals surface area contributed by atoms with Gasteiger partial charge < -0.3 is 4.74 Å². The lowest BCUT2D eigenvalue weighted by molar-refractivity contribution is 0.201. The lowest BCUT2D eigenvalue weighted by Crippen LogP contribution is -1.93. The second kappa shape index (κ2) is 5.21. The number of hydrogen-bond donors (Lipinski definition) is 0. The quantitative estimate of drug-likeness (QED) is 0.856. The van der Waals surface area contributed by atoms with Crippen molar-refractivity contribution in [1.82, 2.24) is 4.98 Å². The van der Waals surface area contributed by atoms with Gasteiger partial charge in [0.05, 0.1) is 21.0 Å². The van der Waals surface area contributed by atoms with Gasteiger partial charge in [-0.3, -0.25) is 0 Å². The van der Waals surface area contributed by atoms with E-state index in [2.05, 4.69) is 38.4 Å². The third-order valence-corrected chi connectivity index (χ3v) is 4.58. The van der Waals surface area contributed by atoms with E-state index in [1.165, 1.54) is 4.88 Å². The van der Waals surface area contributed by atoms with E-state index >= 15 is 0 Å². The second-order valence-electron chi connectivity index (χ2n) is 2.99. The van der Waals surface area contributed by atoms with E-state index in [1.54, 1.807) is 29.8 Å². The first kappa shape index (κ1) is 11.3. The first-order valence-corrected chi connectivity index (χ1v) is 6.97. The standard InChI is InChI=1S/C10H10BrNOS2/c1-13-5-4-7-6-14-10(12-7)8-2-3-9(11)15-8/h2-3,6H,4-5H2,1H3. The summed E-state index contributed by atoms with van der Waals surface area (Å²) in [5, 5.41) is 3.19. The summed E-state index contributed by atoms with van der Waals surface area (Å²) in [6, 6.07) is 4.14. The van der Waals surface area contributed by atoms with Gasteiger partial charge in [0.15, 0.2) is 0 Å². The molecule has 0 spiro atoms. The average Bonchev–Trinajstić information content (AvgIpc) is 2.83. The summed E-state index contributed by atoms with van der Waals surface area (Å²) in [5.41, 5.74) is 1.11. The third-order valence-electron chi connectivity index (χ3n) is 1.90. The minimum atomic E-state index is 0.733. The van der Waals surface area contributed by atoms with Gasteiger partial charge in [0.1, 0.15) is 5.01 Å². The maximum absolute atomic E-state index is 5.02. The van der Waals surface area contributed by atoms with Crippen LogP contribution in [0.2, 0.25) is 0 Å². The summed E-state index contributed by atoms with van der Waals surface area (Å²) in [7, 11) is 1.71. The van der Waals surface area contributed by atoms with Crippen LogP contribution >= 0.6 is 38.6 Å². The fraction of sp³-hybridized carbons (Fsp3) is 0.300. The normalized spacial score (nSPS) is 10.8. The molecular formula is C10H10BrNOS2. The fourth-order valence-electron chi connectivity index (χ4n) is 1.17. The molecule has 2 aromatic rings. The first-order chi connectivity index (χ1) is 7.29. The lowest BCUT2D eigenvalue weighted by Gasteiger charge is -1.93. The highest BCUT2D eigenvalue weighted by Crippen LogP contribution is 2.33. The van der Waals surface area contributed by atoms with Crippen LogP contribution in [0.1, 0.15) is 5.69 Å². The van der Waals surface area contributed by atoms with Gasteiger partial charge in [0.25, 0.3) is 0 Å². The summed E-state index contributed by atoms with van der Waals surface area (Å²) in [6.45, 7) is 0.733. The van der Waals surface area contributed by atoms with E-state index in [9.17, 15) is 0 Å². The van der Waals surface area contributed by atoms with Crippen molar-refractivity contribution in [1.29, 1.82) is 0 Å². The highest BCUT2D eigenvalue weighted by atomic mass is 79.9. The number of thiazole rings is 1. The van der Waals surface area contributed by atoms with Crippen molar-refractivity contribution in [2.75, 3.05) is 13.7 Å². The van der Waals surface area contributed by atoms with Gasteiger partial charge in [-0.25, -0.2) is 4.98 Å². The van der Waals surface area contributed by atoms with Gasteiger partial charge >= 0.3 is 0 Å². The smallest absolute Gasteiger partial charge is 0.133 e. The molecule has 0 bridgehead atoms. The Bertz CT molecular complexity index is 438. The molecule has 2 rings (SSSR count). The largest absolute Gasteiger partial charge is 0.384 e. The molecule has 0 unspecified atom stereocenters. The predicted octanol–water partition coefficient (Wildman–Crippen LogP) is 3.82. The molecule has 0 aliphatic heterocycles. The van der Waals surface area contributed by atoms with Gasteiger partial charge in [-0.1, -0.05) is 0 Å². The van der Waals surface area contributed by atoms with Gasteiger partial charge in [0.2, 0.25) is 0 Å². The maximum atomic E-state index is 5.02. The molecule has 15 heavy (non-hydrogen) atoms. The fourth-order valence-corrected chi connectivity index (χ4v) is 3.48. The molecule has 0 aromatic carbocycles. The molecule has 0 saturated heterocycles. The van der Waals surface area contributed by atoms with E-state index < -0.39 is 0 Å². The Morgan fingerprint density at radius 1 is 1.47 bits per heavy atom. The average molecular weight is 304 g/mol. The van der Waals surface area contributed by atoms with Gasteiger partial charge in [-0.05, 0) is 28.1 Å². The van der Waals surface area contributed by atoms with Crippen molar-refractivity contribution in [3.8, 4) is 9.88 Å². The molecule has 0 aliphatic carbocycles. The minimum absolute atomic E-state index is 0.733. The molecule has 2 nitrogen and oxygen atoms in total. The molecule has 0 N–H and O–H groups in total. The summed E-state index contributed by atoms with van der Waals surface area (Å²) in [4.78, 5) is 5.78. The zero-order valence-corrected chi connectivity index (χ0v) is 11.4. The van der Waals surface area contributed by atoms with Crippen LogP contribution in [-0.4, -0.2) is 18.7 Å².